The quantitative estimate of drug-likeness (QED) is 0.916. The number of pyridine rings is 1. The zero-order valence-corrected chi connectivity index (χ0v) is 11.7. The number of rotatable bonds is 3. The van der Waals surface area contributed by atoms with Gasteiger partial charge in [-0.25, -0.2) is 0 Å². The Morgan fingerprint density at radius 3 is 2.74 bits per heavy atom. The molecule has 0 saturated heterocycles. The van der Waals surface area contributed by atoms with E-state index in [-0.39, 0.29) is 5.56 Å². The van der Waals surface area contributed by atoms with E-state index in [9.17, 15) is 4.79 Å². The van der Waals surface area contributed by atoms with Gasteiger partial charge in [-0.2, -0.15) is 0 Å². The second kappa shape index (κ2) is 4.12. The molecule has 1 fully saturated rings. The SMILES string of the molecule is Cn1c(=O)cc(NCC2CC2(C)C)c2ccccc21. The Kier molecular flexibility index (Phi) is 2.66. The van der Waals surface area contributed by atoms with Crippen LogP contribution >= 0.6 is 0 Å². The first kappa shape index (κ1) is 12.3. The van der Waals surface area contributed by atoms with Gasteiger partial charge in [-0.15, -0.1) is 0 Å². The first-order chi connectivity index (χ1) is 8.99. The number of fused-ring (bicyclic) bond motifs is 1. The maximum atomic E-state index is 12.0. The number of aryl methyl sites for hydroxylation is 1. The molecule has 1 N–H and O–H groups in total. The van der Waals surface area contributed by atoms with E-state index in [1.54, 1.807) is 10.6 Å². The lowest BCUT2D eigenvalue weighted by Crippen LogP contribution is -2.18. The Morgan fingerprint density at radius 2 is 2.05 bits per heavy atom. The summed E-state index contributed by atoms with van der Waals surface area (Å²) >= 11 is 0. The van der Waals surface area contributed by atoms with Crippen molar-refractivity contribution in [1.82, 2.24) is 4.57 Å². The highest BCUT2D eigenvalue weighted by molar-refractivity contribution is 5.91. The molecule has 1 aliphatic carbocycles. The van der Waals surface area contributed by atoms with E-state index in [4.69, 9.17) is 0 Å². The lowest BCUT2D eigenvalue weighted by Gasteiger charge is -2.12. The standard InChI is InChI=1S/C16H20N2O/c1-16(2)9-11(16)10-17-13-8-15(19)18(3)14-7-5-4-6-12(13)14/h4-8,11,17H,9-10H2,1-3H3. The molecular formula is C16H20N2O. The van der Waals surface area contributed by atoms with Crippen molar-refractivity contribution >= 4 is 16.6 Å². The molecule has 1 aliphatic rings. The number of hydrogen-bond acceptors (Lipinski definition) is 2. The lowest BCUT2D eigenvalue weighted by atomic mass is 10.1. The zero-order chi connectivity index (χ0) is 13.6. The van der Waals surface area contributed by atoms with Gasteiger partial charge in [-0.3, -0.25) is 4.79 Å². The first-order valence-electron chi connectivity index (χ1n) is 6.82. The summed E-state index contributed by atoms with van der Waals surface area (Å²) in [4.78, 5) is 12.0. The molecule has 100 valence electrons. The number of aromatic nitrogens is 1. The third-order valence-corrected chi connectivity index (χ3v) is 4.41. The summed E-state index contributed by atoms with van der Waals surface area (Å²) < 4.78 is 1.70. The van der Waals surface area contributed by atoms with Crippen molar-refractivity contribution in [3.05, 3.63) is 40.7 Å². The summed E-state index contributed by atoms with van der Waals surface area (Å²) in [5.41, 5.74) is 2.44. The first-order valence-corrected chi connectivity index (χ1v) is 6.82. The van der Waals surface area contributed by atoms with E-state index in [0.717, 1.165) is 29.1 Å². The highest BCUT2D eigenvalue weighted by Crippen LogP contribution is 2.51. The summed E-state index contributed by atoms with van der Waals surface area (Å²) in [5, 5.41) is 4.57. The van der Waals surface area contributed by atoms with Crippen LogP contribution in [-0.4, -0.2) is 11.1 Å². The van der Waals surface area contributed by atoms with E-state index in [2.05, 4.69) is 25.2 Å². The molecule has 1 aromatic heterocycles. The third kappa shape index (κ3) is 2.14. The fourth-order valence-electron chi connectivity index (χ4n) is 2.71. The maximum absolute atomic E-state index is 12.0. The summed E-state index contributed by atoms with van der Waals surface area (Å²) in [7, 11) is 1.82. The van der Waals surface area contributed by atoms with Crippen molar-refractivity contribution in [3.63, 3.8) is 0 Å². The summed E-state index contributed by atoms with van der Waals surface area (Å²) in [6.45, 7) is 5.53. The number of benzene rings is 1. The van der Waals surface area contributed by atoms with Crippen LogP contribution in [0.1, 0.15) is 20.3 Å². The fourth-order valence-corrected chi connectivity index (χ4v) is 2.71. The van der Waals surface area contributed by atoms with Gasteiger partial charge >= 0.3 is 0 Å². The van der Waals surface area contributed by atoms with Gasteiger partial charge in [0.2, 0.25) is 0 Å². The minimum atomic E-state index is 0.0382. The highest BCUT2D eigenvalue weighted by atomic mass is 16.1. The van der Waals surface area contributed by atoms with Crippen molar-refractivity contribution in [3.8, 4) is 0 Å². The van der Waals surface area contributed by atoms with Crippen molar-refractivity contribution in [2.24, 2.45) is 18.4 Å². The van der Waals surface area contributed by atoms with E-state index in [1.807, 2.05) is 25.2 Å². The molecule has 3 nitrogen and oxygen atoms in total. The Hall–Kier alpha value is -1.77. The Morgan fingerprint density at radius 1 is 1.37 bits per heavy atom. The zero-order valence-electron chi connectivity index (χ0n) is 11.7. The van der Waals surface area contributed by atoms with Gasteiger partial charge in [0.15, 0.2) is 0 Å². The molecule has 1 saturated carbocycles. The molecule has 0 amide bonds. The molecular weight excluding hydrogens is 236 g/mol. The van der Waals surface area contributed by atoms with Crippen LogP contribution in [0.25, 0.3) is 10.9 Å². The van der Waals surface area contributed by atoms with E-state index in [1.165, 1.54) is 6.42 Å². The predicted octanol–water partition coefficient (Wildman–Crippen LogP) is 3.00. The van der Waals surface area contributed by atoms with Crippen molar-refractivity contribution in [2.45, 2.75) is 20.3 Å². The van der Waals surface area contributed by atoms with Crippen molar-refractivity contribution < 1.29 is 0 Å². The highest BCUT2D eigenvalue weighted by Gasteiger charge is 2.44. The van der Waals surface area contributed by atoms with Gasteiger partial charge in [0.25, 0.3) is 5.56 Å². The fraction of sp³-hybridized carbons (Fsp3) is 0.438. The summed E-state index contributed by atoms with van der Waals surface area (Å²) in [6, 6.07) is 9.74. The molecule has 3 rings (SSSR count). The number of nitrogens with zero attached hydrogens (tertiary/aromatic N) is 1. The average molecular weight is 256 g/mol. The molecule has 0 spiro atoms. The molecule has 1 aromatic carbocycles. The van der Waals surface area contributed by atoms with Crippen LogP contribution < -0.4 is 10.9 Å². The van der Waals surface area contributed by atoms with Gasteiger partial charge < -0.3 is 9.88 Å². The van der Waals surface area contributed by atoms with Gasteiger partial charge in [0.1, 0.15) is 0 Å². The molecule has 0 radical (unpaired) electrons. The van der Waals surface area contributed by atoms with Crippen LogP contribution in [0.3, 0.4) is 0 Å². The molecule has 19 heavy (non-hydrogen) atoms. The Balaban J connectivity index is 1.95. The van der Waals surface area contributed by atoms with Crippen LogP contribution in [0.15, 0.2) is 35.1 Å². The van der Waals surface area contributed by atoms with Crippen LogP contribution in [0.2, 0.25) is 0 Å². The van der Waals surface area contributed by atoms with Gasteiger partial charge in [0, 0.05) is 30.7 Å². The minimum absolute atomic E-state index is 0.0382. The van der Waals surface area contributed by atoms with Gasteiger partial charge in [0.05, 0.1) is 5.52 Å². The molecule has 0 bridgehead atoms. The number of hydrogen-bond donors (Lipinski definition) is 1. The third-order valence-electron chi connectivity index (χ3n) is 4.41. The largest absolute Gasteiger partial charge is 0.384 e. The smallest absolute Gasteiger partial charge is 0.252 e. The normalized spacial score (nSPS) is 20.5. The number of para-hydroxylation sites is 1. The topological polar surface area (TPSA) is 34.0 Å². The minimum Gasteiger partial charge on any atom is -0.384 e. The lowest BCUT2D eigenvalue weighted by molar-refractivity contribution is 0.573. The van der Waals surface area contributed by atoms with Gasteiger partial charge in [-0.1, -0.05) is 32.0 Å². The molecule has 3 heteroatoms. The number of anilines is 1. The molecule has 1 heterocycles. The molecule has 0 aliphatic heterocycles. The monoisotopic (exact) mass is 256 g/mol. The second-order valence-electron chi connectivity index (χ2n) is 6.24. The van der Waals surface area contributed by atoms with Crippen molar-refractivity contribution in [1.29, 1.82) is 0 Å². The summed E-state index contributed by atoms with van der Waals surface area (Å²) in [5.74, 6) is 0.718. The van der Waals surface area contributed by atoms with Crippen LogP contribution in [0.4, 0.5) is 5.69 Å². The van der Waals surface area contributed by atoms with Gasteiger partial charge in [-0.05, 0) is 23.8 Å². The van der Waals surface area contributed by atoms with E-state index < -0.39 is 0 Å². The molecule has 2 aromatic rings. The van der Waals surface area contributed by atoms with Crippen LogP contribution in [0.5, 0.6) is 0 Å². The molecule has 1 atom stereocenters. The number of nitrogens with one attached hydrogen (secondary N) is 1. The Bertz CT molecular complexity index is 685. The van der Waals surface area contributed by atoms with Crippen molar-refractivity contribution in [2.75, 3.05) is 11.9 Å². The Labute approximate surface area is 113 Å². The summed E-state index contributed by atoms with van der Waals surface area (Å²) in [6.07, 6.45) is 1.27. The van der Waals surface area contributed by atoms with E-state index >= 15 is 0 Å². The molecule has 1 unspecified atom stereocenters. The predicted molar refractivity (Wildman–Crippen MR) is 79.6 cm³/mol. The van der Waals surface area contributed by atoms with E-state index in [0.29, 0.717) is 5.41 Å². The second-order valence-corrected chi connectivity index (χ2v) is 6.24. The van der Waals surface area contributed by atoms with Crippen LogP contribution in [0, 0.1) is 11.3 Å². The maximum Gasteiger partial charge on any atom is 0.252 e. The van der Waals surface area contributed by atoms with Crippen LogP contribution in [-0.2, 0) is 7.05 Å². The average Bonchev–Trinajstić information content (AvgIpc) is 3.00.